The molecule has 0 aliphatic carbocycles. The van der Waals surface area contributed by atoms with E-state index in [0.717, 1.165) is 0 Å². The average molecular weight is 377 g/mol. The van der Waals surface area contributed by atoms with Crippen LogP contribution in [0.3, 0.4) is 0 Å². The number of amides is 2. The molecule has 0 aliphatic rings. The predicted molar refractivity (Wildman–Crippen MR) is 94.2 cm³/mol. The molecule has 26 heavy (non-hydrogen) atoms. The molecule has 1 heterocycles. The van der Waals surface area contributed by atoms with E-state index in [1.807, 2.05) is 0 Å². The SMILES string of the molecule is CNC(=O)C(=O)NC[C@@H](c1cccnc1)S(=O)(=O)c1ccc(OC)cc1. The normalized spacial score (nSPS) is 12.1. The van der Waals surface area contributed by atoms with E-state index in [1.165, 1.54) is 50.8 Å². The van der Waals surface area contributed by atoms with Crippen molar-refractivity contribution in [3.05, 3.63) is 54.4 Å². The van der Waals surface area contributed by atoms with Crippen molar-refractivity contribution < 1.29 is 22.7 Å². The van der Waals surface area contributed by atoms with Crippen molar-refractivity contribution in [3.8, 4) is 5.75 Å². The predicted octanol–water partition coefficient (Wildman–Crippen LogP) is 0.467. The molecule has 0 saturated heterocycles. The zero-order valence-corrected chi connectivity index (χ0v) is 15.1. The van der Waals surface area contributed by atoms with Gasteiger partial charge in [-0.25, -0.2) is 8.42 Å². The van der Waals surface area contributed by atoms with Crippen molar-refractivity contribution >= 4 is 21.7 Å². The number of rotatable bonds is 6. The molecule has 0 fully saturated rings. The van der Waals surface area contributed by atoms with Gasteiger partial charge in [0, 0.05) is 26.0 Å². The molecule has 0 radical (unpaired) electrons. The second-order valence-corrected chi connectivity index (χ2v) is 7.42. The highest BCUT2D eigenvalue weighted by molar-refractivity contribution is 7.91. The highest BCUT2D eigenvalue weighted by Crippen LogP contribution is 2.29. The van der Waals surface area contributed by atoms with Crippen molar-refractivity contribution in [2.75, 3.05) is 20.7 Å². The van der Waals surface area contributed by atoms with Gasteiger partial charge in [0.05, 0.1) is 12.0 Å². The van der Waals surface area contributed by atoms with Gasteiger partial charge in [0.25, 0.3) is 0 Å². The van der Waals surface area contributed by atoms with Gasteiger partial charge in [0.15, 0.2) is 9.84 Å². The number of sulfone groups is 1. The first-order valence-electron chi connectivity index (χ1n) is 7.68. The number of benzene rings is 1. The molecule has 0 aliphatic heterocycles. The van der Waals surface area contributed by atoms with Gasteiger partial charge >= 0.3 is 11.8 Å². The second-order valence-electron chi connectivity index (χ2n) is 5.28. The van der Waals surface area contributed by atoms with Crippen LogP contribution in [0.4, 0.5) is 0 Å². The molecule has 9 heteroatoms. The maximum atomic E-state index is 13.1. The first-order chi connectivity index (χ1) is 12.4. The standard InChI is InChI=1S/C17H19N3O5S/c1-18-16(21)17(22)20-11-15(12-4-3-9-19-10-12)26(23,24)14-7-5-13(25-2)6-8-14/h3-10,15H,11H2,1-2H3,(H,18,21)(H,20,22)/t15-/m0/s1. The smallest absolute Gasteiger partial charge is 0.309 e. The number of nitrogens with one attached hydrogen (secondary N) is 2. The summed E-state index contributed by atoms with van der Waals surface area (Å²) in [7, 11) is -1.05. The molecule has 0 unspecified atom stereocenters. The number of pyridine rings is 1. The summed E-state index contributed by atoms with van der Waals surface area (Å²) in [6.45, 7) is -0.272. The molecule has 2 rings (SSSR count). The Bertz CT molecular complexity index is 867. The van der Waals surface area contributed by atoms with Crippen LogP contribution in [0.2, 0.25) is 0 Å². The fourth-order valence-corrected chi connectivity index (χ4v) is 3.93. The quantitative estimate of drug-likeness (QED) is 0.707. The number of carbonyl (C=O) groups excluding carboxylic acids is 2. The van der Waals surface area contributed by atoms with Crippen LogP contribution in [-0.4, -0.2) is 45.9 Å². The van der Waals surface area contributed by atoms with Gasteiger partial charge in [-0.05, 0) is 35.9 Å². The van der Waals surface area contributed by atoms with Gasteiger partial charge in [-0.1, -0.05) is 6.07 Å². The Balaban J connectivity index is 2.35. The summed E-state index contributed by atoms with van der Waals surface area (Å²) >= 11 is 0. The largest absolute Gasteiger partial charge is 0.497 e. The fraction of sp³-hybridized carbons (Fsp3) is 0.235. The zero-order chi connectivity index (χ0) is 19.2. The molecule has 1 aromatic heterocycles. The number of ether oxygens (including phenoxy) is 1. The Morgan fingerprint density at radius 2 is 1.85 bits per heavy atom. The van der Waals surface area contributed by atoms with Crippen LogP contribution >= 0.6 is 0 Å². The Morgan fingerprint density at radius 3 is 2.38 bits per heavy atom. The highest BCUT2D eigenvalue weighted by atomic mass is 32.2. The molecule has 2 N–H and O–H groups in total. The Kier molecular flexibility index (Phi) is 6.29. The maximum Gasteiger partial charge on any atom is 0.309 e. The maximum absolute atomic E-state index is 13.1. The van der Waals surface area contributed by atoms with E-state index >= 15 is 0 Å². The van der Waals surface area contributed by atoms with E-state index in [-0.39, 0.29) is 11.4 Å². The molecule has 0 spiro atoms. The average Bonchev–Trinajstić information content (AvgIpc) is 2.68. The lowest BCUT2D eigenvalue weighted by Gasteiger charge is -2.18. The third-order valence-corrected chi connectivity index (χ3v) is 5.82. The van der Waals surface area contributed by atoms with Crippen LogP contribution in [0.5, 0.6) is 5.75 Å². The minimum Gasteiger partial charge on any atom is -0.497 e. The summed E-state index contributed by atoms with van der Waals surface area (Å²) < 4.78 is 31.2. The van der Waals surface area contributed by atoms with E-state index in [1.54, 1.807) is 12.1 Å². The topological polar surface area (TPSA) is 114 Å². The van der Waals surface area contributed by atoms with Crippen LogP contribution in [0.15, 0.2) is 53.7 Å². The van der Waals surface area contributed by atoms with Crippen molar-refractivity contribution in [3.63, 3.8) is 0 Å². The van der Waals surface area contributed by atoms with Crippen LogP contribution in [-0.2, 0) is 19.4 Å². The van der Waals surface area contributed by atoms with Crippen molar-refractivity contribution in [1.29, 1.82) is 0 Å². The fourth-order valence-electron chi connectivity index (χ4n) is 2.28. The summed E-state index contributed by atoms with van der Waals surface area (Å²) in [5.41, 5.74) is 0.403. The summed E-state index contributed by atoms with van der Waals surface area (Å²) in [6, 6.07) is 9.14. The number of hydrogen-bond acceptors (Lipinski definition) is 6. The minimum absolute atomic E-state index is 0.0707. The third kappa shape index (κ3) is 4.37. The number of aromatic nitrogens is 1. The zero-order valence-electron chi connectivity index (χ0n) is 14.3. The third-order valence-electron chi connectivity index (χ3n) is 3.70. The van der Waals surface area contributed by atoms with E-state index in [2.05, 4.69) is 15.6 Å². The Morgan fingerprint density at radius 1 is 1.15 bits per heavy atom. The summed E-state index contributed by atoms with van der Waals surface area (Å²) in [5, 5.41) is 3.43. The Labute approximate surface area is 151 Å². The first-order valence-corrected chi connectivity index (χ1v) is 9.22. The van der Waals surface area contributed by atoms with E-state index in [9.17, 15) is 18.0 Å². The number of carbonyl (C=O) groups is 2. The highest BCUT2D eigenvalue weighted by Gasteiger charge is 2.30. The lowest BCUT2D eigenvalue weighted by molar-refractivity contribution is -0.138. The van der Waals surface area contributed by atoms with Crippen molar-refractivity contribution in [1.82, 2.24) is 15.6 Å². The summed E-state index contributed by atoms with van der Waals surface area (Å²) in [6.07, 6.45) is 2.93. The van der Waals surface area contributed by atoms with Crippen LogP contribution in [0, 0.1) is 0 Å². The number of likely N-dealkylation sites (N-methyl/N-ethyl adjacent to an activating group) is 1. The number of methoxy groups -OCH3 is 1. The summed E-state index contributed by atoms with van der Waals surface area (Å²) in [5.74, 6) is -1.24. The molecule has 0 saturated carbocycles. The van der Waals surface area contributed by atoms with Crippen LogP contribution in [0.1, 0.15) is 10.8 Å². The van der Waals surface area contributed by atoms with E-state index < -0.39 is 26.9 Å². The van der Waals surface area contributed by atoms with Crippen LogP contribution in [0.25, 0.3) is 0 Å². The van der Waals surface area contributed by atoms with Gasteiger partial charge in [0.2, 0.25) is 0 Å². The van der Waals surface area contributed by atoms with Crippen molar-refractivity contribution in [2.45, 2.75) is 10.1 Å². The van der Waals surface area contributed by atoms with Crippen molar-refractivity contribution in [2.24, 2.45) is 0 Å². The Hall–Kier alpha value is -2.94. The first kappa shape index (κ1) is 19.4. The molecule has 138 valence electrons. The van der Waals surface area contributed by atoms with Gasteiger partial charge in [-0.3, -0.25) is 14.6 Å². The van der Waals surface area contributed by atoms with Gasteiger partial charge in [-0.2, -0.15) is 0 Å². The monoisotopic (exact) mass is 377 g/mol. The van der Waals surface area contributed by atoms with Gasteiger partial charge < -0.3 is 15.4 Å². The van der Waals surface area contributed by atoms with Crippen LogP contribution < -0.4 is 15.4 Å². The lowest BCUT2D eigenvalue weighted by Crippen LogP contribution is -2.41. The molecule has 0 bridgehead atoms. The molecule has 8 nitrogen and oxygen atoms in total. The molecule has 1 aromatic carbocycles. The molecular formula is C17H19N3O5S. The summed E-state index contributed by atoms with van der Waals surface area (Å²) in [4.78, 5) is 27.1. The van der Waals surface area contributed by atoms with Gasteiger partial charge in [0.1, 0.15) is 11.0 Å². The van der Waals surface area contributed by atoms with E-state index in [0.29, 0.717) is 11.3 Å². The second kappa shape index (κ2) is 8.43. The lowest BCUT2D eigenvalue weighted by atomic mass is 10.2. The number of hydrogen-bond donors (Lipinski definition) is 2. The number of nitrogens with zero attached hydrogens (tertiary/aromatic N) is 1. The van der Waals surface area contributed by atoms with Gasteiger partial charge in [-0.15, -0.1) is 0 Å². The molecule has 2 amide bonds. The minimum atomic E-state index is -3.85. The van der Waals surface area contributed by atoms with E-state index in [4.69, 9.17) is 4.74 Å². The molecule has 1 atom stereocenters. The molecule has 2 aromatic rings. The molecular weight excluding hydrogens is 358 g/mol.